The van der Waals surface area contributed by atoms with Crippen molar-refractivity contribution < 1.29 is 9.59 Å². The fourth-order valence-corrected chi connectivity index (χ4v) is 3.39. The van der Waals surface area contributed by atoms with Gasteiger partial charge in [0.25, 0.3) is 0 Å². The van der Waals surface area contributed by atoms with Crippen LogP contribution in [0.15, 0.2) is 18.2 Å². The summed E-state index contributed by atoms with van der Waals surface area (Å²) >= 11 is 0. The Morgan fingerprint density at radius 3 is 2.26 bits per heavy atom. The molecule has 2 rings (SSSR count). The van der Waals surface area contributed by atoms with Gasteiger partial charge in [0.2, 0.25) is 11.8 Å². The lowest BCUT2D eigenvalue weighted by Gasteiger charge is -2.32. The maximum Gasteiger partial charge on any atom is 0.227 e. The molecule has 150 valence electrons. The van der Waals surface area contributed by atoms with Crippen molar-refractivity contribution in [1.29, 1.82) is 0 Å². The average molecular weight is 374 g/mol. The second-order valence-electron chi connectivity index (χ2n) is 8.07. The van der Waals surface area contributed by atoms with Crippen LogP contribution in [-0.2, 0) is 16.1 Å². The van der Waals surface area contributed by atoms with Crippen LogP contribution < -0.4 is 10.2 Å². The fraction of sp³-hybridized carbons (Fsp3) is 0.636. The molecule has 5 heteroatoms. The van der Waals surface area contributed by atoms with Gasteiger partial charge in [0.1, 0.15) is 0 Å². The molecule has 0 bridgehead atoms. The summed E-state index contributed by atoms with van der Waals surface area (Å²) in [7, 11) is 4.01. The Morgan fingerprint density at radius 2 is 1.78 bits per heavy atom. The van der Waals surface area contributed by atoms with E-state index in [0.29, 0.717) is 6.54 Å². The molecule has 2 amide bonds. The first-order chi connectivity index (χ1) is 12.8. The topological polar surface area (TPSA) is 52.7 Å². The van der Waals surface area contributed by atoms with E-state index in [2.05, 4.69) is 37.9 Å². The average Bonchev–Trinajstić information content (AvgIpc) is 3.45. The first-order valence-corrected chi connectivity index (χ1v) is 10.2. The molecule has 1 N–H and O–H groups in total. The Kier molecular flexibility index (Phi) is 7.28. The third-order valence-electron chi connectivity index (χ3n) is 5.36. The van der Waals surface area contributed by atoms with Crippen LogP contribution >= 0.6 is 0 Å². The van der Waals surface area contributed by atoms with Crippen molar-refractivity contribution in [2.24, 2.45) is 11.8 Å². The second kappa shape index (κ2) is 9.25. The summed E-state index contributed by atoms with van der Waals surface area (Å²) in [5, 5.41) is 3.03. The van der Waals surface area contributed by atoms with E-state index in [-0.39, 0.29) is 29.7 Å². The van der Waals surface area contributed by atoms with Crippen LogP contribution in [0.4, 0.5) is 11.4 Å². The number of anilines is 2. The van der Waals surface area contributed by atoms with Crippen molar-refractivity contribution >= 4 is 23.2 Å². The predicted octanol–water partition coefficient (Wildman–Crippen LogP) is 4.27. The second-order valence-corrected chi connectivity index (χ2v) is 8.07. The summed E-state index contributed by atoms with van der Waals surface area (Å²) in [5.41, 5.74) is 2.94. The molecule has 0 unspecified atom stereocenters. The number of hydrogen-bond donors (Lipinski definition) is 1. The van der Waals surface area contributed by atoms with Gasteiger partial charge in [-0.1, -0.05) is 13.8 Å². The minimum Gasteiger partial charge on any atom is -0.377 e. The summed E-state index contributed by atoms with van der Waals surface area (Å²) in [6, 6.07) is 6.11. The lowest BCUT2D eigenvalue weighted by atomic mass is 10.00. The zero-order valence-electron chi connectivity index (χ0n) is 17.7. The molecule has 1 fully saturated rings. The van der Waals surface area contributed by atoms with Gasteiger partial charge in [0.15, 0.2) is 0 Å². The van der Waals surface area contributed by atoms with Gasteiger partial charge in [-0.15, -0.1) is 0 Å². The zero-order valence-corrected chi connectivity index (χ0v) is 17.7. The summed E-state index contributed by atoms with van der Waals surface area (Å²) in [6.45, 7) is 8.82. The summed E-state index contributed by atoms with van der Waals surface area (Å²) < 4.78 is 0. The van der Waals surface area contributed by atoms with E-state index in [0.717, 1.165) is 42.6 Å². The van der Waals surface area contributed by atoms with Crippen LogP contribution in [0.25, 0.3) is 0 Å². The Hall–Kier alpha value is -2.04. The van der Waals surface area contributed by atoms with Crippen molar-refractivity contribution in [1.82, 2.24) is 4.90 Å². The smallest absolute Gasteiger partial charge is 0.227 e. The fourth-order valence-electron chi connectivity index (χ4n) is 3.39. The zero-order chi connectivity index (χ0) is 20.1. The van der Waals surface area contributed by atoms with Crippen LogP contribution in [0, 0.1) is 11.8 Å². The van der Waals surface area contributed by atoms with Gasteiger partial charge >= 0.3 is 0 Å². The van der Waals surface area contributed by atoms with Gasteiger partial charge in [-0.3, -0.25) is 9.59 Å². The standard InChI is InChI=1S/C22H35N3O2/c1-7-16(8-2)22(27)25(15(3)4)14-18-13-19(11-12-20(18)24(5)6)23-21(26)17-9-10-17/h11-13,15-17H,7-10,14H2,1-6H3,(H,23,26). The monoisotopic (exact) mass is 373 g/mol. The molecule has 1 aliphatic rings. The highest BCUT2D eigenvalue weighted by molar-refractivity contribution is 5.94. The maximum absolute atomic E-state index is 13.0. The lowest BCUT2D eigenvalue weighted by Crippen LogP contribution is -2.40. The molecule has 0 atom stereocenters. The first kappa shape index (κ1) is 21.3. The normalized spacial score (nSPS) is 13.8. The van der Waals surface area contributed by atoms with Crippen LogP contribution in [0.1, 0.15) is 58.9 Å². The molecule has 0 heterocycles. The first-order valence-electron chi connectivity index (χ1n) is 10.2. The van der Waals surface area contributed by atoms with E-state index in [4.69, 9.17) is 0 Å². The van der Waals surface area contributed by atoms with Crippen LogP contribution in [0.2, 0.25) is 0 Å². The van der Waals surface area contributed by atoms with Crippen LogP contribution in [0.5, 0.6) is 0 Å². The van der Waals surface area contributed by atoms with E-state index in [9.17, 15) is 9.59 Å². The third-order valence-corrected chi connectivity index (χ3v) is 5.36. The van der Waals surface area contributed by atoms with Crippen molar-refractivity contribution in [3.05, 3.63) is 23.8 Å². The van der Waals surface area contributed by atoms with Crippen LogP contribution in [0.3, 0.4) is 0 Å². The predicted molar refractivity (Wildman–Crippen MR) is 112 cm³/mol. The number of benzene rings is 1. The SMILES string of the molecule is CCC(CC)C(=O)N(Cc1cc(NC(=O)C2CC2)ccc1N(C)C)C(C)C. The van der Waals surface area contributed by atoms with E-state index < -0.39 is 0 Å². The highest BCUT2D eigenvalue weighted by Gasteiger charge is 2.30. The number of nitrogens with one attached hydrogen (secondary N) is 1. The molecule has 27 heavy (non-hydrogen) atoms. The number of nitrogens with zero attached hydrogens (tertiary/aromatic N) is 2. The van der Waals surface area contributed by atoms with E-state index in [1.54, 1.807) is 0 Å². The number of hydrogen-bond acceptors (Lipinski definition) is 3. The third kappa shape index (κ3) is 5.47. The minimum atomic E-state index is 0.0629. The molecule has 1 saturated carbocycles. The highest BCUT2D eigenvalue weighted by Crippen LogP contribution is 2.31. The quantitative estimate of drug-likeness (QED) is 0.703. The van der Waals surface area contributed by atoms with Gasteiger partial charge < -0.3 is 15.1 Å². The van der Waals surface area contributed by atoms with Crippen molar-refractivity contribution in [3.63, 3.8) is 0 Å². The summed E-state index contributed by atoms with van der Waals surface area (Å²) in [6.07, 6.45) is 3.69. The van der Waals surface area contributed by atoms with E-state index >= 15 is 0 Å². The molecule has 0 aromatic heterocycles. The maximum atomic E-state index is 13.0. The van der Waals surface area contributed by atoms with Crippen molar-refractivity contribution in [3.8, 4) is 0 Å². The van der Waals surface area contributed by atoms with E-state index in [1.807, 2.05) is 37.2 Å². The van der Waals surface area contributed by atoms with Gasteiger partial charge in [0, 0.05) is 49.9 Å². The Labute approximate surface area is 164 Å². The Bertz CT molecular complexity index is 662. The molecule has 1 aromatic rings. The largest absolute Gasteiger partial charge is 0.377 e. The molecule has 0 aliphatic heterocycles. The minimum absolute atomic E-state index is 0.0629. The number of rotatable bonds is 9. The molecule has 1 aliphatic carbocycles. The molecular weight excluding hydrogens is 338 g/mol. The number of amides is 2. The van der Waals surface area contributed by atoms with Gasteiger partial charge in [0.05, 0.1) is 0 Å². The van der Waals surface area contributed by atoms with Gasteiger partial charge in [-0.2, -0.15) is 0 Å². The Morgan fingerprint density at radius 1 is 1.15 bits per heavy atom. The van der Waals surface area contributed by atoms with Crippen LogP contribution in [-0.4, -0.2) is 36.9 Å². The number of carbonyl (C=O) groups is 2. The lowest BCUT2D eigenvalue weighted by molar-refractivity contribution is -0.138. The Balaban J connectivity index is 2.28. The van der Waals surface area contributed by atoms with Crippen molar-refractivity contribution in [2.75, 3.05) is 24.3 Å². The summed E-state index contributed by atoms with van der Waals surface area (Å²) in [4.78, 5) is 29.2. The van der Waals surface area contributed by atoms with Crippen molar-refractivity contribution in [2.45, 2.75) is 66.0 Å². The molecule has 1 aromatic carbocycles. The summed E-state index contributed by atoms with van der Waals surface area (Å²) in [5.74, 6) is 0.554. The molecule has 0 radical (unpaired) electrons. The molecule has 0 spiro atoms. The molecule has 5 nitrogen and oxygen atoms in total. The molecule has 0 saturated heterocycles. The van der Waals surface area contributed by atoms with Gasteiger partial charge in [-0.05, 0) is 63.3 Å². The van der Waals surface area contributed by atoms with Gasteiger partial charge in [-0.25, -0.2) is 0 Å². The molecular formula is C22H35N3O2. The van der Waals surface area contributed by atoms with E-state index in [1.165, 1.54) is 0 Å². The number of carbonyl (C=O) groups excluding carboxylic acids is 2. The highest BCUT2D eigenvalue weighted by atomic mass is 16.2.